The Balaban J connectivity index is 2.10. The van der Waals surface area contributed by atoms with E-state index in [9.17, 15) is 0 Å². The van der Waals surface area contributed by atoms with Gasteiger partial charge in [0, 0.05) is 24.7 Å². The van der Waals surface area contributed by atoms with E-state index in [1.165, 1.54) is 0 Å². The summed E-state index contributed by atoms with van der Waals surface area (Å²) < 4.78 is 11.8. The molecule has 1 aromatic carbocycles. The summed E-state index contributed by atoms with van der Waals surface area (Å²) in [4.78, 5) is 8.57. The molecule has 2 rings (SSSR count). The minimum absolute atomic E-state index is 0.350. The summed E-state index contributed by atoms with van der Waals surface area (Å²) in [5, 5.41) is 2.98. The molecule has 0 saturated carbocycles. The maximum atomic E-state index is 5.71. The van der Waals surface area contributed by atoms with E-state index in [2.05, 4.69) is 31.2 Å². The van der Waals surface area contributed by atoms with Crippen molar-refractivity contribution in [2.75, 3.05) is 19.5 Å². The molecule has 1 heterocycles. The van der Waals surface area contributed by atoms with Gasteiger partial charge in [-0.25, -0.2) is 4.98 Å². The fourth-order valence-corrected chi connectivity index (χ4v) is 2.10. The molecule has 0 bridgehead atoms. The predicted molar refractivity (Wildman–Crippen MR) is 80.8 cm³/mol. The minimum Gasteiger partial charge on any atom is -0.473 e. The maximum Gasteiger partial charge on any atom is 0.219 e. The van der Waals surface area contributed by atoms with Crippen LogP contribution in [0.4, 0.5) is 5.82 Å². The lowest BCUT2D eigenvalue weighted by Crippen LogP contribution is -2.05. The van der Waals surface area contributed by atoms with Crippen molar-refractivity contribution in [1.82, 2.24) is 9.97 Å². The second-order valence-electron chi connectivity index (χ2n) is 4.11. The van der Waals surface area contributed by atoms with Crippen LogP contribution in [0.3, 0.4) is 0 Å². The van der Waals surface area contributed by atoms with Crippen LogP contribution in [0.1, 0.15) is 11.4 Å². The summed E-state index contributed by atoms with van der Waals surface area (Å²) in [6.45, 7) is 0.800. The van der Waals surface area contributed by atoms with Gasteiger partial charge in [0.1, 0.15) is 19.0 Å². The predicted octanol–water partition coefficient (Wildman–Crippen LogP) is 3.01. The van der Waals surface area contributed by atoms with Gasteiger partial charge in [0.2, 0.25) is 5.88 Å². The van der Waals surface area contributed by atoms with Gasteiger partial charge in [0.15, 0.2) is 5.82 Å². The van der Waals surface area contributed by atoms with E-state index in [0.29, 0.717) is 30.7 Å². The quantitative estimate of drug-likeness (QED) is 0.878. The summed E-state index contributed by atoms with van der Waals surface area (Å²) >= 11 is 3.44. The lowest BCUT2D eigenvalue weighted by atomic mass is 10.2. The lowest BCUT2D eigenvalue weighted by molar-refractivity contribution is 0.176. The summed E-state index contributed by atoms with van der Waals surface area (Å²) in [5.41, 5.74) is 1.07. The van der Waals surface area contributed by atoms with E-state index in [-0.39, 0.29) is 0 Å². The molecule has 6 heteroatoms. The number of nitrogens with zero attached hydrogens (tertiary/aromatic N) is 2. The second-order valence-corrected chi connectivity index (χ2v) is 5.02. The number of rotatable bonds is 6. The molecule has 0 radical (unpaired) electrons. The standard InChI is InChI=1S/C14H16BrN3O2/c1-16-12-7-14(18-13(17-12)9-19-2)20-8-10-4-3-5-11(15)6-10/h3-7H,8-9H2,1-2H3,(H,16,17,18). The zero-order valence-electron chi connectivity index (χ0n) is 11.4. The summed E-state index contributed by atoms with van der Waals surface area (Å²) in [5.74, 6) is 1.82. The molecule has 20 heavy (non-hydrogen) atoms. The number of ether oxygens (including phenoxy) is 2. The van der Waals surface area contributed by atoms with Gasteiger partial charge in [-0.3, -0.25) is 0 Å². The molecule has 2 aromatic rings. The molecule has 0 amide bonds. The average molecular weight is 338 g/mol. The molecule has 0 aliphatic rings. The first kappa shape index (κ1) is 14.7. The zero-order valence-corrected chi connectivity index (χ0v) is 13.0. The SMILES string of the molecule is CNc1cc(OCc2cccc(Br)c2)nc(COC)n1. The molecule has 0 aliphatic carbocycles. The molecular formula is C14H16BrN3O2. The third-order valence-electron chi connectivity index (χ3n) is 2.55. The average Bonchev–Trinajstić information content (AvgIpc) is 2.45. The summed E-state index contributed by atoms with van der Waals surface area (Å²) in [7, 11) is 3.41. The van der Waals surface area contributed by atoms with Gasteiger partial charge in [-0.15, -0.1) is 0 Å². The van der Waals surface area contributed by atoms with E-state index in [4.69, 9.17) is 9.47 Å². The van der Waals surface area contributed by atoms with E-state index < -0.39 is 0 Å². The van der Waals surface area contributed by atoms with Crippen molar-refractivity contribution >= 4 is 21.7 Å². The van der Waals surface area contributed by atoms with Crippen LogP contribution in [0, 0.1) is 0 Å². The third kappa shape index (κ3) is 4.18. The summed E-state index contributed by atoms with van der Waals surface area (Å²) in [6.07, 6.45) is 0. The molecule has 0 atom stereocenters. The Morgan fingerprint density at radius 2 is 2.05 bits per heavy atom. The highest BCUT2D eigenvalue weighted by Crippen LogP contribution is 2.17. The molecule has 1 aromatic heterocycles. The zero-order chi connectivity index (χ0) is 14.4. The van der Waals surface area contributed by atoms with Crippen LogP contribution in [0.5, 0.6) is 5.88 Å². The second kappa shape index (κ2) is 7.21. The number of hydrogen-bond acceptors (Lipinski definition) is 5. The Kier molecular flexibility index (Phi) is 5.31. The topological polar surface area (TPSA) is 56.3 Å². The highest BCUT2D eigenvalue weighted by molar-refractivity contribution is 9.10. The van der Waals surface area contributed by atoms with E-state index in [1.807, 2.05) is 24.3 Å². The van der Waals surface area contributed by atoms with Gasteiger partial charge in [-0.2, -0.15) is 4.98 Å². The first-order chi connectivity index (χ1) is 9.71. The van der Waals surface area contributed by atoms with Gasteiger partial charge in [-0.1, -0.05) is 28.1 Å². The Hall–Kier alpha value is -1.66. The molecule has 0 aliphatic heterocycles. The van der Waals surface area contributed by atoms with Crippen LogP contribution in [0.25, 0.3) is 0 Å². The summed E-state index contributed by atoms with van der Waals surface area (Å²) in [6, 6.07) is 9.72. The first-order valence-corrected chi connectivity index (χ1v) is 6.92. The van der Waals surface area contributed by atoms with Crippen molar-refractivity contribution in [3.05, 3.63) is 46.2 Å². The Morgan fingerprint density at radius 3 is 2.75 bits per heavy atom. The van der Waals surface area contributed by atoms with Crippen LogP contribution in [0.15, 0.2) is 34.8 Å². The van der Waals surface area contributed by atoms with Crippen LogP contribution < -0.4 is 10.1 Å². The third-order valence-corrected chi connectivity index (χ3v) is 3.05. The normalized spacial score (nSPS) is 10.3. The van der Waals surface area contributed by atoms with Crippen LogP contribution in [-0.2, 0) is 18.0 Å². The number of halogens is 1. The first-order valence-electron chi connectivity index (χ1n) is 6.13. The fraction of sp³-hybridized carbons (Fsp3) is 0.286. The monoisotopic (exact) mass is 337 g/mol. The number of hydrogen-bond donors (Lipinski definition) is 1. The number of methoxy groups -OCH3 is 1. The van der Waals surface area contributed by atoms with Gasteiger partial charge in [0.25, 0.3) is 0 Å². The fourth-order valence-electron chi connectivity index (χ4n) is 1.65. The number of benzene rings is 1. The lowest BCUT2D eigenvalue weighted by Gasteiger charge is -2.09. The van der Waals surface area contributed by atoms with Crippen molar-refractivity contribution in [3.63, 3.8) is 0 Å². The molecule has 0 spiro atoms. The van der Waals surface area contributed by atoms with E-state index in [1.54, 1.807) is 20.2 Å². The van der Waals surface area contributed by atoms with Crippen molar-refractivity contribution < 1.29 is 9.47 Å². The Morgan fingerprint density at radius 1 is 1.20 bits per heavy atom. The number of nitrogens with one attached hydrogen (secondary N) is 1. The van der Waals surface area contributed by atoms with Gasteiger partial charge < -0.3 is 14.8 Å². The molecule has 1 N–H and O–H groups in total. The highest BCUT2D eigenvalue weighted by atomic mass is 79.9. The largest absolute Gasteiger partial charge is 0.473 e. The van der Waals surface area contributed by atoms with Gasteiger partial charge >= 0.3 is 0 Å². The molecule has 0 fully saturated rings. The smallest absolute Gasteiger partial charge is 0.219 e. The molecule has 106 valence electrons. The van der Waals surface area contributed by atoms with Gasteiger partial charge in [-0.05, 0) is 17.7 Å². The number of anilines is 1. The van der Waals surface area contributed by atoms with Crippen molar-refractivity contribution in [1.29, 1.82) is 0 Å². The molecular weight excluding hydrogens is 322 g/mol. The Bertz CT molecular complexity index is 578. The van der Waals surface area contributed by atoms with Crippen molar-refractivity contribution in [2.45, 2.75) is 13.2 Å². The van der Waals surface area contributed by atoms with Crippen LogP contribution >= 0.6 is 15.9 Å². The van der Waals surface area contributed by atoms with E-state index >= 15 is 0 Å². The molecule has 0 unspecified atom stereocenters. The molecule has 0 saturated heterocycles. The highest BCUT2D eigenvalue weighted by Gasteiger charge is 2.05. The van der Waals surface area contributed by atoms with Crippen molar-refractivity contribution in [2.24, 2.45) is 0 Å². The molecule has 5 nitrogen and oxygen atoms in total. The van der Waals surface area contributed by atoms with Crippen LogP contribution in [-0.4, -0.2) is 24.1 Å². The Labute approximate surface area is 126 Å². The number of aromatic nitrogens is 2. The van der Waals surface area contributed by atoms with Crippen LogP contribution in [0.2, 0.25) is 0 Å². The van der Waals surface area contributed by atoms with E-state index in [0.717, 1.165) is 10.0 Å². The van der Waals surface area contributed by atoms with Crippen molar-refractivity contribution in [3.8, 4) is 5.88 Å². The van der Waals surface area contributed by atoms with Gasteiger partial charge in [0.05, 0.1) is 0 Å². The minimum atomic E-state index is 0.350. The maximum absolute atomic E-state index is 5.71.